The number of rotatable bonds is 3. The van der Waals surface area contributed by atoms with Crippen LogP contribution in [0.15, 0.2) is 71.5 Å². The lowest BCUT2D eigenvalue weighted by Gasteiger charge is -2.47. The molecule has 192 valence electrons. The zero-order valence-corrected chi connectivity index (χ0v) is 22.9. The van der Waals surface area contributed by atoms with Crippen molar-refractivity contribution in [2.75, 3.05) is 5.32 Å². The van der Waals surface area contributed by atoms with E-state index in [9.17, 15) is 20.6 Å². The van der Waals surface area contributed by atoms with Crippen molar-refractivity contribution >= 4 is 34.9 Å². The van der Waals surface area contributed by atoms with Gasteiger partial charge in [0.15, 0.2) is 5.41 Å². The molecule has 3 atom stereocenters. The minimum absolute atomic E-state index is 0.00637. The van der Waals surface area contributed by atoms with E-state index in [1.165, 1.54) is 0 Å². The van der Waals surface area contributed by atoms with Crippen molar-refractivity contribution < 1.29 is 4.79 Å². The van der Waals surface area contributed by atoms with Gasteiger partial charge < -0.3 is 10.6 Å². The Morgan fingerprint density at radius 3 is 2.05 bits per heavy atom. The summed E-state index contributed by atoms with van der Waals surface area (Å²) in [5.41, 5.74) is 0.307. The van der Waals surface area contributed by atoms with Crippen molar-refractivity contribution in [3.63, 3.8) is 0 Å². The summed E-state index contributed by atoms with van der Waals surface area (Å²) >= 11 is 12.1. The molecule has 0 radical (unpaired) electrons. The van der Waals surface area contributed by atoms with Crippen molar-refractivity contribution in [1.29, 1.82) is 15.8 Å². The molecule has 3 unspecified atom stereocenters. The largest absolute Gasteiger partial charge is 0.323 e. The van der Waals surface area contributed by atoms with Crippen molar-refractivity contribution in [1.82, 2.24) is 5.32 Å². The Kier molecular flexibility index (Phi) is 7.57. The smallest absolute Gasteiger partial charge is 0.308 e. The fourth-order valence-corrected chi connectivity index (χ4v) is 5.83. The van der Waals surface area contributed by atoms with Gasteiger partial charge >= 0.3 is 6.03 Å². The van der Waals surface area contributed by atoms with Crippen molar-refractivity contribution in [2.24, 2.45) is 22.7 Å². The first kappa shape index (κ1) is 27.3. The average Bonchev–Trinajstić information content (AvgIpc) is 2.89. The molecule has 0 fully saturated rings. The standard InChI is InChI=1S/C30H27Cl2N5O/c1-29(2,3)19-6-13-23-24(14-19)26(18-4-7-20(31)8-5-18)30(16-34,17-35)27(25(23)15-33)37-28(38)36-22-11-9-21(32)10-12-22/h4-5,7-13,19,24,26H,6,14H2,1-3H3,(H2,36,37,38). The third-order valence-corrected chi connectivity index (χ3v) is 8.13. The van der Waals surface area contributed by atoms with Gasteiger partial charge in [-0.05, 0) is 77.6 Å². The summed E-state index contributed by atoms with van der Waals surface area (Å²) in [6, 6.07) is 19.6. The molecule has 0 spiro atoms. The summed E-state index contributed by atoms with van der Waals surface area (Å²) in [6.45, 7) is 6.52. The van der Waals surface area contributed by atoms with E-state index in [-0.39, 0.29) is 28.5 Å². The van der Waals surface area contributed by atoms with E-state index in [1.54, 1.807) is 36.4 Å². The van der Waals surface area contributed by atoms with Gasteiger partial charge in [-0.15, -0.1) is 0 Å². The minimum Gasteiger partial charge on any atom is -0.308 e. The lowest BCUT2D eigenvalue weighted by Crippen LogP contribution is -2.47. The number of allylic oxidation sites excluding steroid dienone is 4. The number of nitrogens with zero attached hydrogens (tertiary/aromatic N) is 3. The summed E-state index contributed by atoms with van der Waals surface area (Å²) in [5.74, 6) is -0.620. The van der Waals surface area contributed by atoms with E-state index >= 15 is 0 Å². The molecule has 6 nitrogen and oxygen atoms in total. The summed E-state index contributed by atoms with van der Waals surface area (Å²) in [5, 5.41) is 38.0. The first-order valence-corrected chi connectivity index (χ1v) is 13.1. The van der Waals surface area contributed by atoms with E-state index in [1.807, 2.05) is 18.2 Å². The number of carbonyl (C=O) groups excluding carboxylic acids is 1. The Bertz CT molecular complexity index is 1420. The molecule has 2 aliphatic rings. The van der Waals surface area contributed by atoms with Crippen LogP contribution < -0.4 is 10.6 Å². The SMILES string of the molecule is CC(C)(C)C1CC=C2C(C#N)=C(NC(=O)Nc3ccc(Cl)cc3)C(C#N)(C#N)C(c3ccc(Cl)cc3)C2C1. The Labute approximate surface area is 233 Å². The average molecular weight is 544 g/mol. The number of nitriles is 3. The lowest BCUT2D eigenvalue weighted by molar-refractivity contribution is 0.169. The van der Waals surface area contributed by atoms with E-state index in [0.29, 0.717) is 22.2 Å². The highest BCUT2D eigenvalue weighted by atomic mass is 35.5. The number of anilines is 1. The molecule has 0 heterocycles. The maximum atomic E-state index is 13.1. The Morgan fingerprint density at radius 2 is 1.53 bits per heavy atom. The second kappa shape index (κ2) is 10.5. The maximum Gasteiger partial charge on any atom is 0.323 e. The van der Waals surface area contributed by atoms with Crippen molar-refractivity contribution in [3.05, 3.63) is 87.1 Å². The molecular formula is C30H27Cl2N5O. The number of amides is 2. The first-order chi connectivity index (χ1) is 18.0. The molecule has 2 N–H and O–H groups in total. The van der Waals surface area contributed by atoms with Gasteiger partial charge in [-0.25, -0.2) is 4.79 Å². The van der Waals surface area contributed by atoms with Gasteiger partial charge in [-0.2, -0.15) is 15.8 Å². The van der Waals surface area contributed by atoms with Crippen LogP contribution >= 0.6 is 23.2 Å². The fourth-order valence-electron chi connectivity index (χ4n) is 5.58. The van der Waals surface area contributed by atoms with Gasteiger partial charge in [-0.1, -0.05) is 62.2 Å². The number of hydrogen-bond acceptors (Lipinski definition) is 4. The molecule has 0 saturated heterocycles. The molecule has 2 aliphatic carbocycles. The monoisotopic (exact) mass is 543 g/mol. The number of urea groups is 1. The topological polar surface area (TPSA) is 112 Å². The van der Waals surface area contributed by atoms with Crippen LogP contribution in [0.25, 0.3) is 0 Å². The lowest BCUT2D eigenvalue weighted by atomic mass is 9.54. The Hall–Kier alpha value is -3.76. The van der Waals surface area contributed by atoms with Crippen LogP contribution in [-0.2, 0) is 0 Å². The molecule has 0 bridgehead atoms. The zero-order chi connectivity index (χ0) is 27.7. The molecule has 0 saturated carbocycles. The Morgan fingerprint density at radius 1 is 0.947 bits per heavy atom. The van der Waals surface area contributed by atoms with Gasteiger partial charge in [0.05, 0.1) is 23.4 Å². The predicted molar refractivity (Wildman–Crippen MR) is 148 cm³/mol. The molecule has 2 amide bonds. The normalized spacial score (nSPS) is 22.2. The van der Waals surface area contributed by atoms with Crippen LogP contribution in [0.3, 0.4) is 0 Å². The third-order valence-electron chi connectivity index (χ3n) is 7.62. The molecule has 8 heteroatoms. The summed E-state index contributed by atoms with van der Waals surface area (Å²) in [7, 11) is 0. The fraction of sp³-hybridized carbons (Fsp3) is 0.333. The number of hydrogen-bond donors (Lipinski definition) is 2. The number of halogens is 2. The predicted octanol–water partition coefficient (Wildman–Crippen LogP) is 7.72. The molecular weight excluding hydrogens is 517 g/mol. The number of fused-ring (bicyclic) bond motifs is 1. The zero-order valence-electron chi connectivity index (χ0n) is 21.3. The molecule has 2 aromatic rings. The molecule has 2 aromatic carbocycles. The van der Waals surface area contributed by atoms with Gasteiger partial charge in [0.25, 0.3) is 0 Å². The van der Waals surface area contributed by atoms with Crippen LogP contribution in [0.4, 0.5) is 10.5 Å². The minimum atomic E-state index is -1.82. The number of carbonyl (C=O) groups is 1. The quantitative estimate of drug-likeness (QED) is 0.412. The molecule has 38 heavy (non-hydrogen) atoms. The van der Waals surface area contributed by atoms with Crippen LogP contribution in [0, 0.1) is 56.7 Å². The van der Waals surface area contributed by atoms with Gasteiger partial charge in [0.1, 0.15) is 6.07 Å². The van der Waals surface area contributed by atoms with E-state index in [0.717, 1.165) is 17.6 Å². The van der Waals surface area contributed by atoms with E-state index < -0.39 is 17.4 Å². The summed E-state index contributed by atoms with van der Waals surface area (Å²) in [6.07, 6.45) is 3.50. The second-order valence-corrected chi connectivity index (χ2v) is 11.7. The van der Waals surface area contributed by atoms with Gasteiger partial charge in [-0.3, -0.25) is 0 Å². The number of nitrogens with one attached hydrogen (secondary N) is 2. The maximum absolute atomic E-state index is 13.1. The summed E-state index contributed by atoms with van der Waals surface area (Å²) in [4.78, 5) is 13.1. The highest BCUT2D eigenvalue weighted by Gasteiger charge is 2.56. The highest BCUT2D eigenvalue weighted by Crippen LogP contribution is 2.58. The molecule has 0 aliphatic heterocycles. The molecule has 0 aromatic heterocycles. The van der Waals surface area contributed by atoms with Crippen molar-refractivity contribution in [2.45, 2.75) is 39.5 Å². The van der Waals surface area contributed by atoms with Gasteiger partial charge in [0.2, 0.25) is 0 Å². The van der Waals surface area contributed by atoms with Gasteiger partial charge in [0, 0.05) is 21.7 Å². The highest BCUT2D eigenvalue weighted by molar-refractivity contribution is 6.30. The molecule has 4 rings (SSSR count). The Balaban J connectivity index is 1.88. The first-order valence-electron chi connectivity index (χ1n) is 12.3. The van der Waals surface area contributed by atoms with Crippen LogP contribution in [-0.4, -0.2) is 6.03 Å². The van der Waals surface area contributed by atoms with Crippen LogP contribution in [0.1, 0.15) is 45.1 Å². The van der Waals surface area contributed by atoms with Crippen LogP contribution in [0.5, 0.6) is 0 Å². The summed E-state index contributed by atoms with van der Waals surface area (Å²) < 4.78 is 0. The van der Waals surface area contributed by atoms with Crippen LogP contribution in [0.2, 0.25) is 10.0 Å². The van der Waals surface area contributed by atoms with E-state index in [2.05, 4.69) is 49.6 Å². The second-order valence-electron chi connectivity index (χ2n) is 10.8. The number of benzene rings is 2. The third kappa shape index (κ3) is 5.01. The van der Waals surface area contributed by atoms with Crippen molar-refractivity contribution in [3.8, 4) is 18.2 Å². The van der Waals surface area contributed by atoms with E-state index in [4.69, 9.17) is 23.2 Å².